The number of hydrogen-bond acceptors (Lipinski definition) is 2. The molecule has 0 spiro atoms. The summed E-state index contributed by atoms with van der Waals surface area (Å²) in [6.45, 7) is 12.6. The van der Waals surface area contributed by atoms with E-state index in [4.69, 9.17) is 24.0 Å². The molecule has 0 aromatic carbocycles. The Kier molecular flexibility index (Phi) is 41.4. The first kappa shape index (κ1) is 40.3. The van der Waals surface area contributed by atoms with Gasteiger partial charge in [0.15, 0.2) is 0 Å². The Morgan fingerprint density at radius 3 is 0.806 bits per heavy atom. The van der Waals surface area contributed by atoms with Gasteiger partial charge in [-0.15, -0.1) is 13.2 Å². The zero-order chi connectivity index (χ0) is 27.6. The second-order valence-electron chi connectivity index (χ2n) is 9.90. The zero-order valence-electron chi connectivity index (χ0n) is 24.4. The predicted molar refractivity (Wildman–Crippen MR) is 158 cm³/mol. The Balaban J connectivity index is -0.00000137. The van der Waals surface area contributed by atoms with Crippen LogP contribution >= 0.6 is 7.82 Å². The molecule has 5 nitrogen and oxygen atoms in total. The van der Waals surface area contributed by atoms with Crippen LogP contribution < -0.4 is 0 Å². The summed E-state index contributed by atoms with van der Waals surface area (Å²) in [5, 5.41) is 0. The number of phosphoric acid groups is 1. The molecule has 0 saturated carbocycles. The molecule has 0 aliphatic carbocycles. The minimum Gasteiger partial charge on any atom is -0.381 e. The maximum absolute atomic E-state index is 8.88. The van der Waals surface area contributed by atoms with Crippen LogP contribution in [-0.4, -0.2) is 27.9 Å². The van der Waals surface area contributed by atoms with Crippen molar-refractivity contribution in [1.29, 1.82) is 0 Å². The quantitative estimate of drug-likeness (QED) is 0.0581. The number of rotatable bonds is 26. The minimum absolute atomic E-state index is 0.995. The summed E-state index contributed by atoms with van der Waals surface area (Å²) in [5.41, 5.74) is 0. The average Bonchev–Trinajstić information content (AvgIpc) is 2.84. The highest BCUT2D eigenvalue weighted by atomic mass is 31.2. The molecule has 0 aromatic rings. The molecule has 3 N–H and O–H groups in total. The van der Waals surface area contributed by atoms with Crippen molar-refractivity contribution in [3.8, 4) is 0 Å². The van der Waals surface area contributed by atoms with Gasteiger partial charge in [0, 0.05) is 13.2 Å². The lowest BCUT2D eigenvalue weighted by Crippen LogP contribution is -1.97. The lowest BCUT2D eigenvalue weighted by molar-refractivity contribution is 0.125. The molecule has 0 saturated heterocycles. The van der Waals surface area contributed by atoms with Crippen LogP contribution in [0.3, 0.4) is 0 Å². The van der Waals surface area contributed by atoms with Crippen molar-refractivity contribution in [2.24, 2.45) is 0 Å². The van der Waals surface area contributed by atoms with Gasteiger partial charge >= 0.3 is 7.82 Å². The van der Waals surface area contributed by atoms with Crippen molar-refractivity contribution in [3.63, 3.8) is 0 Å². The molecule has 0 unspecified atom stereocenters. The molecule has 0 aromatic heterocycles. The van der Waals surface area contributed by atoms with Crippen molar-refractivity contribution in [2.75, 3.05) is 13.2 Å². The van der Waals surface area contributed by atoms with Gasteiger partial charge < -0.3 is 19.4 Å². The van der Waals surface area contributed by atoms with Crippen molar-refractivity contribution in [2.45, 2.75) is 168 Å². The van der Waals surface area contributed by atoms with E-state index in [1.54, 1.807) is 0 Å². The van der Waals surface area contributed by atoms with Crippen molar-refractivity contribution in [3.05, 3.63) is 13.2 Å². The summed E-state index contributed by atoms with van der Waals surface area (Å²) < 4.78 is 14.7. The lowest BCUT2D eigenvalue weighted by Gasteiger charge is -2.05. The smallest absolute Gasteiger partial charge is 0.381 e. The van der Waals surface area contributed by atoms with Crippen LogP contribution in [0.15, 0.2) is 13.2 Å². The average molecular weight is 537 g/mol. The first-order valence-corrected chi connectivity index (χ1v) is 16.8. The van der Waals surface area contributed by atoms with Crippen LogP contribution in [0.5, 0.6) is 0 Å². The SMILES string of the molecule is C=C.CCCCCCCCCCCCCCOCCCCCCCCCCCCCC.O=P(O)(O)O. The summed E-state index contributed by atoms with van der Waals surface area (Å²) in [5.74, 6) is 0. The third-order valence-corrected chi connectivity index (χ3v) is 6.28. The van der Waals surface area contributed by atoms with E-state index in [2.05, 4.69) is 27.0 Å². The molecule has 36 heavy (non-hydrogen) atoms. The monoisotopic (exact) mass is 536 g/mol. The molecule has 220 valence electrons. The van der Waals surface area contributed by atoms with Crippen LogP contribution in [0.4, 0.5) is 0 Å². The molecule has 0 heterocycles. The highest BCUT2D eigenvalue weighted by Gasteiger charge is 2.00. The topological polar surface area (TPSA) is 87.0 Å². The summed E-state index contributed by atoms with van der Waals surface area (Å²) >= 11 is 0. The molecular formula is C30H65O5P. The van der Waals surface area contributed by atoms with Gasteiger partial charge in [-0.05, 0) is 12.8 Å². The first-order valence-electron chi connectivity index (χ1n) is 15.3. The van der Waals surface area contributed by atoms with E-state index in [0.717, 1.165) is 13.2 Å². The fraction of sp³-hybridized carbons (Fsp3) is 0.933. The van der Waals surface area contributed by atoms with Gasteiger partial charge in [0.1, 0.15) is 0 Å². The normalized spacial score (nSPS) is 10.9. The summed E-state index contributed by atoms with van der Waals surface area (Å²) in [7, 11) is -4.64. The molecule has 0 rings (SSSR count). The van der Waals surface area contributed by atoms with Gasteiger partial charge in [-0.1, -0.05) is 155 Å². The second-order valence-corrected chi connectivity index (χ2v) is 10.9. The van der Waals surface area contributed by atoms with E-state index in [0.29, 0.717) is 0 Å². The van der Waals surface area contributed by atoms with Crippen LogP contribution in [0.25, 0.3) is 0 Å². The molecule has 0 bridgehead atoms. The standard InChI is InChI=1S/C28H58O.C2H4.H3O4P/c1-3-5-7-9-11-13-15-17-19-21-23-25-27-29-28-26-24-22-20-18-16-14-12-10-8-6-4-2;1-2;1-5(2,3)4/h3-28H2,1-2H3;1-2H2;(H3,1,2,3,4). The highest BCUT2D eigenvalue weighted by Crippen LogP contribution is 2.25. The van der Waals surface area contributed by atoms with Crippen molar-refractivity contribution >= 4 is 7.82 Å². The fourth-order valence-electron chi connectivity index (χ4n) is 4.19. The molecule has 0 radical (unpaired) electrons. The lowest BCUT2D eigenvalue weighted by atomic mass is 10.1. The van der Waals surface area contributed by atoms with Crippen molar-refractivity contribution < 1.29 is 24.0 Å². The Labute approximate surface area is 226 Å². The Morgan fingerprint density at radius 1 is 0.444 bits per heavy atom. The molecule has 0 atom stereocenters. The van der Waals surface area contributed by atoms with E-state index in [-0.39, 0.29) is 0 Å². The van der Waals surface area contributed by atoms with Gasteiger partial charge in [0.05, 0.1) is 0 Å². The van der Waals surface area contributed by atoms with Gasteiger partial charge in [0.2, 0.25) is 0 Å². The largest absolute Gasteiger partial charge is 0.466 e. The molecule has 0 amide bonds. The Morgan fingerprint density at radius 2 is 0.611 bits per heavy atom. The van der Waals surface area contributed by atoms with Crippen LogP contribution in [0, 0.1) is 0 Å². The van der Waals surface area contributed by atoms with Crippen molar-refractivity contribution in [1.82, 2.24) is 0 Å². The Hall–Kier alpha value is -0.190. The van der Waals surface area contributed by atoms with Gasteiger partial charge in [-0.25, -0.2) is 4.57 Å². The summed E-state index contributed by atoms with van der Waals surface area (Å²) in [6.07, 6.45) is 34.1. The summed E-state index contributed by atoms with van der Waals surface area (Å²) in [6, 6.07) is 0. The number of unbranched alkanes of at least 4 members (excludes halogenated alkanes) is 22. The zero-order valence-corrected chi connectivity index (χ0v) is 25.3. The number of hydrogen-bond donors (Lipinski definition) is 3. The first-order chi connectivity index (χ1) is 17.4. The minimum atomic E-state index is -4.64. The highest BCUT2D eigenvalue weighted by molar-refractivity contribution is 7.45. The van der Waals surface area contributed by atoms with E-state index in [1.807, 2.05) is 0 Å². The van der Waals surface area contributed by atoms with Gasteiger partial charge in [0.25, 0.3) is 0 Å². The molecule has 6 heteroatoms. The number of ether oxygens (including phenoxy) is 1. The third-order valence-electron chi connectivity index (χ3n) is 6.28. The van der Waals surface area contributed by atoms with Crippen LogP contribution in [0.1, 0.15) is 168 Å². The van der Waals surface area contributed by atoms with E-state index in [9.17, 15) is 0 Å². The van der Waals surface area contributed by atoms with Crippen LogP contribution in [0.2, 0.25) is 0 Å². The fourth-order valence-corrected chi connectivity index (χ4v) is 4.19. The molecule has 0 aliphatic rings. The van der Waals surface area contributed by atoms with Crippen LogP contribution in [-0.2, 0) is 9.30 Å². The Bertz CT molecular complexity index is 380. The predicted octanol–water partition coefficient (Wildman–Crippen LogP) is 10.3. The second kappa shape index (κ2) is 37.0. The molecular weight excluding hydrogens is 471 g/mol. The summed E-state index contributed by atoms with van der Waals surface area (Å²) in [4.78, 5) is 21.6. The maximum Gasteiger partial charge on any atom is 0.466 e. The van der Waals surface area contributed by atoms with Gasteiger partial charge in [-0.3, -0.25) is 0 Å². The molecule has 0 fully saturated rings. The van der Waals surface area contributed by atoms with E-state index in [1.165, 1.54) is 154 Å². The molecule has 0 aliphatic heterocycles. The van der Waals surface area contributed by atoms with E-state index >= 15 is 0 Å². The maximum atomic E-state index is 8.88. The van der Waals surface area contributed by atoms with Gasteiger partial charge in [-0.2, -0.15) is 0 Å². The van der Waals surface area contributed by atoms with E-state index < -0.39 is 7.82 Å². The third kappa shape index (κ3) is 54.6.